The number of ether oxygens (including phenoxy) is 1. The van der Waals surface area contributed by atoms with Crippen molar-refractivity contribution in [3.8, 4) is 5.75 Å². The molecule has 4 heteroatoms. The van der Waals surface area contributed by atoms with E-state index in [-0.39, 0.29) is 12.5 Å². The number of hydrogen-bond acceptors (Lipinski definition) is 3. The fraction of sp³-hybridized carbons (Fsp3) is 0.409. The monoisotopic (exact) mass is 354 g/mol. The Labute approximate surface area is 157 Å². The molecule has 4 nitrogen and oxygen atoms in total. The second kappa shape index (κ2) is 8.75. The second-order valence-electron chi connectivity index (χ2n) is 7.30. The molecule has 0 aliphatic heterocycles. The average molecular weight is 354 g/mol. The maximum atomic E-state index is 12.5. The largest absolute Gasteiger partial charge is 0.483 e. The molecule has 0 fully saturated rings. The predicted molar refractivity (Wildman–Crippen MR) is 108 cm³/mol. The number of aryl methyl sites for hydroxylation is 1. The Hall–Kier alpha value is -2.49. The van der Waals surface area contributed by atoms with E-state index >= 15 is 0 Å². The summed E-state index contributed by atoms with van der Waals surface area (Å²) in [6.45, 7) is 6.91. The lowest BCUT2D eigenvalue weighted by molar-refractivity contribution is -0.132. The van der Waals surface area contributed by atoms with Gasteiger partial charge in [-0.3, -0.25) is 4.79 Å². The van der Waals surface area contributed by atoms with E-state index in [2.05, 4.69) is 55.1 Å². The number of rotatable bonds is 7. The van der Waals surface area contributed by atoms with E-state index in [0.717, 1.165) is 28.1 Å². The molecular formula is C22H30N2O2. The van der Waals surface area contributed by atoms with Crippen molar-refractivity contribution in [2.24, 2.45) is 0 Å². The van der Waals surface area contributed by atoms with Crippen LogP contribution in [0.4, 0.5) is 5.69 Å². The molecule has 0 N–H and O–H groups in total. The van der Waals surface area contributed by atoms with Crippen LogP contribution in [0.1, 0.15) is 36.5 Å². The first-order chi connectivity index (χ1) is 12.3. The molecule has 0 saturated heterocycles. The van der Waals surface area contributed by atoms with Gasteiger partial charge >= 0.3 is 0 Å². The van der Waals surface area contributed by atoms with Crippen LogP contribution in [0, 0.1) is 6.92 Å². The van der Waals surface area contributed by atoms with Gasteiger partial charge in [-0.25, -0.2) is 0 Å². The van der Waals surface area contributed by atoms with Gasteiger partial charge in [0.25, 0.3) is 5.91 Å². The summed E-state index contributed by atoms with van der Waals surface area (Å²) in [6.07, 6.45) is 0. The number of likely N-dealkylation sites (N-methyl/N-ethyl adjacent to an activating group) is 1. The number of anilines is 1. The van der Waals surface area contributed by atoms with Gasteiger partial charge < -0.3 is 14.5 Å². The minimum absolute atomic E-state index is 0.0297. The molecule has 1 amide bonds. The highest BCUT2D eigenvalue weighted by Gasteiger charge is 2.13. The lowest BCUT2D eigenvalue weighted by Gasteiger charge is -2.20. The van der Waals surface area contributed by atoms with Crippen LogP contribution in [0.15, 0.2) is 42.5 Å². The Morgan fingerprint density at radius 1 is 1.04 bits per heavy atom. The molecule has 0 unspecified atom stereocenters. The van der Waals surface area contributed by atoms with E-state index in [4.69, 9.17) is 4.74 Å². The number of carbonyl (C=O) groups is 1. The molecule has 2 aromatic carbocycles. The number of benzene rings is 2. The SMILES string of the molecule is Cc1ccc(C(C)C)c(OCC(=O)N(C)Cc2ccc(N(C)C)cc2)c1. The molecule has 0 aliphatic carbocycles. The van der Waals surface area contributed by atoms with Gasteiger partial charge in [-0.05, 0) is 47.7 Å². The Balaban J connectivity index is 1.96. The first kappa shape index (κ1) is 19.8. The van der Waals surface area contributed by atoms with E-state index in [1.165, 1.54) is 0 Å². The van der Waals surface area contributed by atoms with Gasteiger partial charge in [-0.1, -0.05) is 38.1 Å². The van der Waals surface area contributed by atoms with Crippen molar-refractivity contribution in [1.82, 2.24) is 4.90 Å². The highest BCUT2D eigenvalue weighted by molar-refractivity contribution is 5.77. The summed E-state index contributed by atoms with van der Waals surface area (Å²) in [4.78, 5) is 16.2. The Bertz CT molecular complexity index is 736. The van der Waals surface area contributed by atoms with E-state index in [1.807, 2.05) is 34.1 Å². The zero-order valence-electron chi connectivity index (χ0n) is 16.7. The van der Waals surface area contributed by atoms with Gasteiger partial charge in [0, 0.05) is 33.4 Å². The van der Waals surface area contributed by atoms with E-state index in [1.54, 1.807) is 4.90 Å². The fourth-order valence-corrected chi connectivity index (χ4v) is 2.75. The van der Waals surface area contributed by atoms with Crippen LogP contribution in [0.2, 0.25) is 0 Å². The summed E-state index contributed by atoms with van der Waals surface area (Å²) in [6, 6.07) is 14.4. The quantitative estimate of drug-likeness (QED) is 0.746. The first-order valence-corrected chi connectivity index (χ1v) is 9.01. The summed E-state index contributed by atoms with van der Waals surface area (Å²) in [5, 5.41) is 0. The molecule has 0 aromatic heterocycles. The number of amides is 1. The summed E-state index contributed by atoms with van der Waals surface area (Å²) >= 11 is 0. The average Bonchev–Trinajstić information content (AvgIpc) is 2.59. The lowest BCUT2D eigenvalue weighted by atomic mass is 10.0. The molecule has 26 heavy (non-hydrogen) atoms. The molecule has 0 aliphatic rings. The topological polar surface area (TPSA) is 32.8 Å². The smallest absolute Gasteiger partial charge is 0.260 e. The van der Waals surface area contributed by atoms with Crippen molar-refractivity contribution in [1.29, 1.82) is 0 Å². The molecule has 0 radical (unpaired) electrons. The first-order valence-electron chi connectivity index (χ1n) is 9.01. The van der Waals surface area contributed by atoms with Gasteiger partial charge in [0.1, 0.15) is 5.75 Å². The fourth-order valence-electron chi connectivity index (χ4n) is 2.75. The van der Waals surface area contributed by atoms with Crippen molar-refractivity contribution < 1.29 is 9.53 Å². The van der Waals surface area contributed by atoms with E-state index < -0.39 is 0 Å². The summed E-state index contributed by atoms with van der Waals surface area (Å²) in [5.74, 6) is 1.13. The summed E-state index contributed by atoms with van der Waals surface area (Å²) in [7, 11) is 5.84. The molecule has 2 rings (SSSR count). The maximum absolute atomic E-state index is 12.5. The Kier molecular flexibility index (Phi) is 6.67. The maximum Gasteiger partial charge on any atom is 0.260 e. The van der Waals surface area contributed by atoms with Crippen LogP contribution < -0.4 is 9.64 Å². The van der Waals surface area contributed by atoms with Gasteiger partial charge in [0.2, 0.25) is 0 Å². The molecule has 0 atom stereocenters. The second-order valence-corrected chi connectivity index (χ2v) is 7.30. The number of carbonyl (C=O) groups excluding carboxylic acids is 1. The van der Waals surface area contributed by atoms with Crippen molar-refractivity contribution in [3.05, 3.63) is 59.2 Å². The summed E-state index contributed by atoms with van der Waals surface area (Å²) < 4.78 is 5.85. The van der Waals surface area contributed by atoms with Crippen LogP contribution in [0.25, 0.3) is 0 Å². The molecule has 0 heterocycles. The molecule has 0 saturated carbocycles. The van der Waals surface area contributed by atoms with Gasteiger partial charge in [0.05, 0.1) is 0 Å². The molecular weight excluding hydrogens is 324 g/mol. The van der Waals surface area contributed by atoms with Crippen molar-refractivity contribution >= 4 is 11.6 Å². The van der Waals surface area contributed by atoms with Crippen molar-refractivity contribution in [2.75, 3.05) is 32.6 Å². The highest BCUT2D eigenvalue weighted by atomic mass is 16.5. The third-order valence-electron chi connectivity index (χ3n) is 4.44. The van der Waals surface area contributed by atoms with Gasteiger partial charge in [0.15, 0.2) is 6.61 Å². The normalized spacial score (nSPS) is 10.7. The third kappa shape index (κ3) is 5.25. The molecule has 0 bridgehead atoms. The van der Waals surface area contributed by atoms with Crippen molar-refractivity contribution in [3.63, 3.8) is 0 Å². The summed E-state index contributed by atoms with van der Waals surface area (Å²) in [5.41, 5.74) is 4.51. The Morgan fingerprint density at radius 3 is 2.27 bits per heavy atom. The third-order valence-corrected chi connectivity index (χ3v) is 4.44. The Morgan fingerprint density at radius 2 is 1.69 bits per heavy atom. The minimum Gasteiger partial charge on any atom is -0.483 e. The van der Waals surface area contributed by atoms with Gasteiger partial charge in [-0.15, -0.1) is 0 Å². The molecule has 2 aromatic rings. The number of nitrogens with zero attached hydrogens (tertiary/aromatic N) is 2. The van der Waals surface area contributed by atoms with Crippen molar-refractivity contribution in [2.45, 2.75) is 33.2 Å². The minimum atomic E-state index is -0.0297. The zero-order chi connectivity index (χ0) is 19.3. The van der Waals surface area contributed by atoms with Crippen LogP contribution in [-0.2, 0) is 11.3 Å². The number of hydrogen-bond donors (Lipinski definition) is 0. The van der Waals surface area contributed by atoms with Crippen LogP contribution in [0.5, 0.6) is 5.75 Å². The molecule has 140 valence electrons. The highest BCUT2D eigenvalue weighted by Crippen LogP contribution is 2.27. The van der Waals surface area contributed by atoms with Gasteiger partial charge in [-0.2, -0.15) is 0 Å². The zero-order valence-corrected chi connectivity index (χ0v) is 16.7. The van der Waals surface area contributed by atoms with Crippen LogP contribution in [-0.4, -0.2) is 38.6 Å². The lowest BCUT2D eigenvalue weighted by Crippen LogP contribution is -2.31. The standard InChI is InChI=1S/C22H30N2O2/c1-16(2)20-12-7-17(3)13-21(20)26-15-22(25)24(6)14-18-8-10-19(11-9-18)23(4)5/h7-13,16H,14-15H2,1-6H3. The van der Waals surface area contributed by atoms with Crippen LogP contribution >= 0.6 is 0 Å². The predicted octanol–water partition coefficient (Wildman–Crippen LogP) is 4.22. The van der Waals surface area contributed by atoms with E-state index in [9.17, 15) is 4.79 Å². The van der Waals surface area contributed by atoms with Crippen LogP contribution in [0.3, 0.4) is 0 Å². The molecule has 0 spiro atoms. The van der Waals surface area contributed by atoms with E-state index in [0.29, 0.717) is 12.5 Å².